The van der Waals surface area contributed by atoms with Crippen LogP contribution in [0, 0.1) is 0 Å². The van der Waals surface area contributed by atoms with Crippen molar-refractivity contribution in [2.75, 3.05) is 6.61 Å². The molecular formula is C11H16O4. The van der Waals surface area contributed by atoms with Crippen molar-refractivity contribution >= 4 is 17.5 Å². The first kappa shape index (κ1) is 13.5. The maximum atomic E-state index is 11.2. The quantitative estimate of drug-likeness (QED) is 0.347. The molecule has 0 aliphatic heterocycles. The van der Waals surface area contributed by atoms with Gasteiger partial charge in [0.25, 0.3) is 0 Å². The van der Waals surface area contributed by atoms with Crippen LogP contribution in [0.4, 0.5) is 0 Å². The number of hydrogen-bond acceptors (Lipinski definition) is 4. The summed E-state index contributed by atoms with van der Waals surface area (Å²) in [5.41, 5.74) is 0. The Hall–Kier alpha value is -1.45. The van der Waals surface area contributed by atoms with Gasteiger partial charge in [-0.2, -0.15) is 0 Å². The highest BCUT2D eigenvalue weighted by Crippen LogP contribution is 2.01. The zero-order chi connectivity index (χ0) is 11.7. The number of hydrogen-bond donors (Lipinski definition) is 0. The summed E-state index contributed by atoms with van der Waals surface area (Å²) in [7, 11) is 0. The molecule has 4 nitrogen and oxygen atoms in total. The molecule has 0 spiro atoms. The summed E-state index contributed by atoms with van der Waals surface area (Å²) in [6, 6.07) is 0. The van der Waals surface area contributed by atoms with Gasteiger partial charge in [-0.1, -0.05) is 6.58 Å². The number of carbonyl (C=O) groups is 3. The van der Waals surface area contributed by atoms with Crippen LogP contribution >= 0.6 is 0 Å². The molecule has 0 unspecified atom stereocenters. The summed E-state index contributed by atoms with van der Waals surface area (Å²) in [4.78, 5) is 32.8. The SMILES string of the molecule is C=CC(=O)CCCC(=O)CC(=O)OCC. The maximum Gasteiger partial charge on any atom is 0.313 e. The molecule has 0 saturated heterocycles. The van der Waals surface area contributed by atoms with Crippen molar-refractivity contribution in [3.8, 4) is 0 Å². The minimum atomic E-state index is -0.502. The predicted molar refractivity (Wildman–Crippen MR) is 55.3 cm³/mol. The van der Waals surface area contributed by atoms with Crippen LogP contribution in [-0.4, -0.2) is 24.1 Å². The fourth-order valence-corrected chi connectivity index (χ4v) is 1.02. The van der Waals surface area contributed by atoms with Crippen molar-refractivity contribution in [3.05, 3.63) is 12.7 Å². The Morgan fingerprint density at radius 1 is 1.27 bits per heavy atom. The summed E-state index contributed by atoms with van der Waals surface area (Å²) in [5.74, 6) is -0.776. The normalized spacial score (nSPS) is 9.40. The fraction of sp³-hybridized carbons (Fsp3) is 0.545. The van der Waals surface area contributed by atoms with Crippen molar-refractivity contribution in [2.45, 2.75) is 32.6 Å². The first-order chi connectivity index (χ1) is 7.10. The van der Waals surface area contributed by atoms with Gasteiger partial charge in [-0.15, -0.1) is 0 Å². The molecule has 0 atom stereocenters. The highest BCUT2D eigenvalue weighted by atomic mass is 16.5. The first-order valence-electron chi connectivity index (χ1n) is 4.92. The molecule has 0 aliphatic carbocycles. The fourth-order valence-electron chi connectivity index (χ4n) is 1.02. The molecule has 0 amide bonds. The second-order valence-electron chi connectivity index (χ2n) is 3.04. The van der Waals surface area contributed by atoms with Gasteiger partial charge >= 0.3 is 5.97 Å². The van der Waals surface area contributed by atoms with E-state index in [1.54, 1.807) is 6.92 Å². The molecule has 4 heteroatoms. The summed E-state index contributed by atoms with van der Waals surface area (Å²) < 4.78 is 4.62. The van der Waals surface area contributed by atoms with E-state index in [1.165, 1.54) is 6.08 Å². The van der Waals surface area contributed by atoms with E-state index in [4.69, 9.17) is 0 Å². The smallest absolute Gasteiger partial charge is 0.313 e. The lowest BCUT2D eigenvalue weighted by Gasteiger charge is -2.00. The molecular weight excluding hydrogens is 196 g/mol. The van der Waals surface area contributed by atoms with Crippen molar-refractivity contribution in [3.63, 3.8) is 0 Å². The van der Waals surface area contributed by atoms with Crippen molar-refractivity contribution in [1.29, 1.82) is 0 Å². The number of ketones is 2. The zero-order valence-corrected chi connectivity index (χ0v) is 8.95. The lowest BCUT2D eigenvalue weighted by Crippen LogP contribution is -2.11. The van der Waals surface area contributed by atoms with Crippen LogP contribution in [0.3, 0.4) is 0 Å². The Kier molecular flexibility index (Phi) is 7.14. The van der Waals surface area contributed by atoms with Gasteiger partial charge in [0.1, 0.15) is 12.2 Å². The minimum Gasteiger partial charge on any atom is -0.466 e. The van der Waals surface area contributed by atoms with E-state index in [2.05, 4.69) is 11.3 Å². The number of carbonyl (C=O) groups excluding carboxylic acids is 3. The molecule has 84 valence electrons. The standard InChI is InChI=1S/C11H16O4/c1-3-9(12)6-5-7-10(13)8-11(14)15-4-2/h3H,1,4-8H2,2H3. The van der Waals surface area contributed by atoms with Crippen molar-refractivity contribution < 1.29 is 19.1 Å². The molecule has 0 aromatic carbocycles. The Balaban J connectivity index is 3.61. The number of Topliss-reactive ketones (excluding diaryl/α,β-unsaturated/α-hetero) is 1. The van der Waals surface area contributed by atoms with Crippen LogP contribution in [-0.2, 0) is 19.1 Å². The third-order valence-corrected chi connectivity index (χ3v) is 1.75. The largest absolute Gasteiger partial charge is 0.466 e. The number of rotatable bonds is 8. The summed E-state index contributed by atoms with van der Waals surface area (Å²) in [5, 5.41) is 0. The lowest BCUT2D eigenvalue weighted by atomic mass is 10.1. The van der Waals surface area contributed by atoms with Crippen LogP contribution < -0.4 is 0 Å². The molecule has 0 fully saturated rings. The van der Waals surface area contributed by atoms with Gasteiger partial charge in [0.2, 0.25) is 0 Å². The Morgan fingerprint density at radius 3 is 2.47 bits per heavy atom. The Morgan fingerprint density at radius 2 is 1.93 bits per heavy atom. The molecule has 0 rings (SSSR count). The second kappa shape index (κ2) is 7.91. The number of ether oxygens (including phenoxy) is 1. The van der Waals surface area contributed by atoms with E-state index in [9.17, 15) is 14.4 Å². The molecule has 15 heavy (non-hydrogen) atoms. The predicted octanol–water partition coefficient (Wildman–Crippen LogP) is 1.43. The maximum absolute atomic E-state index is 11.2. The Labute approximate surface area is 89.3 Å². The Bertz CT molecular complexity index is 255. The second-order valence-corrected chi connectivity index (χ2v) is 3.04. The number of esters is 1. The van der Waals surface area contributed by atoms with Gasteiger partial charge in [0.05, 0.1) is 6.61 Å². The van der Waals surface area contributed by atoms with E-state index < -0.39 is 5.97 Å². The third-order valence-electron chi connectivity index (χ3n) is 1.75. The average molecular weight is 212 g/mol. The van der Waals surface area contributed by atoms with Gasteiger partial charge < -0.3 is 4.74 Å². The van der Waals surface area contributed by atoms with E-state index in [1.807, 2.05) is 0 Å². The molecule has 0 heterocycles. The minimum absolute atomic E-state index is 0.0843. The van der Waals surface area contributed by atoms with E-state index >= 15 is 0 Å². The van der Waals surface area contributed by atoms with E-state index in [0.29, 0.717) is 12.8 Å². The summed E-state index contributed by atoms with van der Waals surface area (Å²) >= 11 is 0. The zero-order valence-electron chi connectivity index (χ0n) is 8.95. The molecule has 0 N–H and O–H groups in total. The molecule has 0 bridgehead atoms. The van der Waals surface area contributed by atoms with Crippen LogP contribution in [0.5, 0.6) is 0 Å². The summed E-state index contributed by atoms with van der Waals surface area (Å²) in [6.45, 7) is 5.29. The van der Waals surface area contributed by atoms with Gasteiger partial charge in [-0.3, -0.25) is 14.4 Å². The highest BCUT2D eigenvalue weighted by Gasteiger charge is 2.10. The number of allylic oxidation sites excluding steroid dienone is 1. The molecule has 0 saturated carbocycles. The van der Waals surface area contributed by atoms with Gasteiger partial charge in [0.15, 0.2) is 5.78 Å². The van der Waals surface area contributed by atoms with Crippen LogP contribution in [0.1, 0.15) is 32.6 Å². The van der Waals surface area contributed by atoms with E-state index in [0.717, 1.165) is 0 Å². The molecule has 0 aromatic heterocycles. The van der Waals surface area contributed by atoms with Gasteiger partial charge in [-0.05, 0) is 19.4 Å². The third kappa shape index (κ3) is 7.61. The van der Waals surface area contributed by atoms with Gasteiger partial charge in [-0.25, -0.2) is 0 Å². The molecule has 0 aliphatic rings. The van der Waals surface area contributed by atoms with E-state index in [-0.39, 0.29) is 31.0 Å². The van der Waals surface area contributed by atoms with Crippen molar-refractivity contribution in [1.82, 2.24) is 0 Å². The lowest BCUT2D eigenvalue weighted by molar-refractivity contribution is -0.145. The first-order valence-corrected chi connectivity index (χ1v) is 4.92. The highest BCUT2D eigenvalue weighted by molar-refractivity contribution is 5.96. The topological polar surface area (TPSA) is 60.4 Å². The molecule has 0 radical (unpaired) electrons. The monoisotopic (exact) mass is 212 g/mol. The van der Waals surface area contributed by atoms with Crippen LogP contribution in [0.25, 0.3) is 0 Å². The van der Waals surface area contributed by atoms with Crippen LogP contribution in [0.2, 0.25) is 0 Å². The molecule has 0 aromatic rings. The van der Waals surface area contributed by atoms with Crippen LogP contribution in [0.15, 0.2) is 12.7 Å². The summed E-state index contributed by atoms with van der Waals surface area (Å²) in [6.07, 6.45) is 2.03. The average Bonchev–Trinajstić information content (AvgIpc) is 2.17. The van der Waals surface area contributed by atoms with Gasteiger partial charge in [0, 0.05) is 12.8 Å². The van der Waals surface area contributed by atoms with Crippen molar-refractivity contribution in [2.24, 2.45) is 0 Å².